The number of rotatable bonds is 4. The topological polar surface area (TPSA) is 0 Å². The molecule has 5 unspecified atom stereocenters. The van der Waals surface area contributed by atoms with Gasteiger partial charge in [-0.15, -0.1) is 0 Å². The van der Waals surface area contributed by atoms with Crippen molar-refractivity contribution in [3.63, 3.8) is 0 Å². The van der Waals surface area contributed by atoms with Crippen molar-refractivity contribution in [1.82, 2.24) is 0 Å². The summed E-state index contributed by atoms with van der Waals surface area (Å²) in [6.07, 6.45) is 4.33. The Balaban J connectivity index is 1.96. The summed E-state index contributed by atoms with van der Waals surface area (Å²) >= 11 is 0. The molecule has 0 heteroatoms. The zero-order chi connectivity index (χ0) is 11.4. The Bertz CT molecular complexity index is 255. The Morgan fingerprint density at radius 1 is 1.20 bits per heavy atom. The van der Waals surface area contributed by atoms with Crippen LogP contribution in [0.2, 0.25) is 0 Å². The molecule has 5 atom stereocenters. The fraction of sp³-hybridized carbons (Fsp3) is 1.00. The molecule has 0 heterocycles. The van der Waals surface area contributed by atoms with E-state index >= 15 is 0 Å². The average molecular weight is 208 g/mol. The van der Waals surface area contributed by atoms with Gasteiger partial charge in [0, 0.05) is 0 Å². The maximum atomic E-state index is 2.53. The van der Waals surface area contributed by atoms with Crippen LogP contribution < -0.4 is 0 Å². The molecule has 2 rings (SSSR count). The van der Waals surface area contributed by atoms with Gasteiger partial charge in [0.25, 0.3) is 0 Å². The molecule has 0 aliphatic heterocycles. The fourth-order valence-electron chi connectivity index (χ4n) is 4.82. The first-order chi connectivity index (χ1) is 6.87. The monoisotopic (exact) mass is 208 g/mol. The lowest BCUT2D eigenvalue weighted by molar-refractivity contribution is 0.121. The van der Waals surface area contributed by atoms with Crippen molar-refractivity contribution < 1.29 is 0 Å². The van der Waals surface area contributed by atoms with Gasteiger partial charge in [0.1, 0.15) is 0 Å². The zero-order valence-corrected chi connectivity index (χ0v) is 11.4. The Labute approximate surface area is 95.8 Å². The van der Waals surface area contributed by atoms with Gasteiger partial charge >= 0.3 is 0 Å². The highest BCUT2D eigenvalue weighted by Crippen LogP contribution is 2.84. The molecule has 2 saturated carbocycles. The first-order valence-electron chi connectivity index (χ1n) is 6.87. The molecule has 0 radical (unpaired) electrons. The molecule has 0 nitrogen and oxygen atoms in total. The van der Waals surface area contributed by atoms with Crippen molar-refractivity contribution >= 4 is 0 Å². The second kappa shape index (κ2) is 3.25. The molecular formula is C15H28. The molecule has 0 amide bonds. The molecule has 0 N–H and O–H groups in total. The Kier molecular flexibility index (Phi) is 2.48. The van der Waals surface area contributed by atoms with E-state index in [1.54, 1.807) is 0 Å². The minimum Gasteiger partial charge on any atom is -0.0648 e. The largest absolute Gasteiger partial charge is 0.0648 e. The third kappa shape index (κ3) is 1.33. The highest BCUT2D eigenvalue weighted by molar-refractivity contribution is 5.26. The molecule has 2 aliphatic carbocycles. The lowest BCUT2D eigenvalue weighted by atomic mass is 9.68. The van der Waals surface area contributed by atoms with Gasteiger partial charge in [-0.3, -0.25) is 0 Å². The predicted octanol–water partition coefficient (Wildman–Crippen LogP) is 4.74. The van der Waals surface area contributed by atoms with Gasteiger partial charge in [-0.1, -0.05) is 41.5 Å². The third-order valence-electron chi connectivity index (χ3n) is 5.99. The Hall–Kier alpha value is 0. The van der Waals surface area contributed by atoms with E-state index < -0.39 is 0 Å². The molecule has 0 spiro atoms. The average Bonchev–Trinajstić information content (AvgIpc) is 2.46. The van der Waals surface area contributed by atoms with E-state index in [1.807, 2.05) is 0 Å². The van der Waals surface area contributed by atoms with Gasteiger partial charge in [0.2, 0.25) is 0 Å². The van der Waals surface area contributed by atoms with E-state index in [0.29, 0.717) is 5.41 Å². The normalized spacial score (nSPS) is 49.8. The summed E-state index contributed by atoms with van der Waals surface area (Å²) in [5.41, 5.74) is 1.43. The summed E-state index contributed by atoms with van der Waals surface area (Å²) in [6.45, 7) is 14.6. The Morgan fingerprint density at radius 2 is 1.80 bits per heavy atom. The Morgan fingerprint density at radius 3 is 2.20 bits per heavy atom. The summed E-state index contributed by atoms with van der Waals surface area (Å²) < 4.78 is 0. The third-order valence-corrected chi connectivity index (χ3v) is 5.99. The summed E-state index contributed by atoms with van der Waals surface area (Å²) in [5, 5.41) is 0. The molecule has 0 aromatic carbocycles. The molecule has 0 aromatic rings. The number of hydrogen-bond donors (Lipinski definition) is 0. The lowest BCUT2D eigenvalue weighted by Crippen LogP contribution is -2.29. The standard InChI is InChI=1S/C15H28/c1-7-14(5)13-12(9-15(13,14)6)11(4)8-10(2)3/h10-13H,7-9H2,1-6H3. The molecule has 0 bridgehead atoms. The van der Waals surface area contributed by atoms with E-state index in [2.05, 4.69) is 41.5 Å². The van der Waals surface area contributed by atoms with Crippen LogP contribution in [-0.4, -0.2) is 0 Å². The summed E-state index contributed by atoms with van der Waals surface area (Å²) in [7, 11) is 0. The molecule has 15 heavy (non-hydrogen) atoms. The van der Waals surface area contributed by atoms with Crippen LogP contribution in [0.4, 0.5) is 0 Å². The zero-order valence-electron chi connectivity index (χ0n) is 11.4. The highest BCUT2D eigenvalue weighted by Gasteiger charge is 2.78. The maximum Gasteiger partial charge on any atom is -0.0230 e. The molecular weight excluding hydrogens is 180 g/mol. The molecule has 2 fully saturated rings. The van der Waals surface area contributed by atoms with Crippen molar-refractivity contribution in [2.75, 3.05) is 0 Å². The van der Waals surface area contributed by atoms with Gasteiger partial charge in [0.05, 0.1) is 0 Å². The van der Waals surface area contributed by atoms with Gasteiger partial charge in [0.15, 0.2) is 0 Å². The van der Waals surface area contributed by atoms with E-state index in [0.717, 1.165) is 29.1 Å². The minimum atomic E-state index is 0.697. The van der Waals surface area contributed by atoms with E-state index in [1.165, 1.54) is 19.3 Å². The van der Waals surface area contributed by atoms with Crippen LogP contribution in [0.5, 0.6) is 0 Å². The SMILES string of the molecule is CCC1(C)C2C(C(C)CC(C)C)CC21C. The highest BCUT2D eigenvalue weighted by atomic mass is 14.8. The first kappa shape index (κ1) is 11.5. The number of fused-ring (bicyclic) bond motifs is 1. The van der Waals surface area contributed by atoms with Crippen LogP contribution >= 0.6 is 0 Å². The number of hydrogen-bond acceptors (Lipinski definition) is 0. The lowest BCUT2D eigenvalue weighted by Gasteiger charge is -2.37. The predicted molar refractivity (Wildman–Crippen MR) is 66.7 cm³/mol. The van der Waals surface area contributed by atoms with Gasteiger partial charge < -0.3 is 0 Å². The van der Waals surface area contributed by atoms with Crippen molar-refractivity contribution in [3.05, 3.63) is 0 Å². The summed E-state index contributed by atoms with van der Waals surface area (Å²) in [4.78, 5) is 0. The second-order valence-electron chi connectivity index (χ2n) is 7.14. The fourth-order valence-corrected chi connectivity index (χ4v) is 4.82. The van der Waals surface area contributed by atoms with Crippen molar-refractivity contribution in [2.24, 2.45) is 34.5 Å². The molecule has 0 saturated heterocycles. The second-order valence-corrected chi connectivity index (χ2v) is 7.14. The van der Waals surface area contributed by atoms with Crippen LogP contribution in [0, 0.1) is 34.5 Å². The maximum absolute atomic E-state index is 2.53. The molecule has 88 valence electrons. The summed E-state index contributed by atoms with van der Waals surface area (Å²) in [6, 6.07) is 0. The van der Waals surface area contributed by atoms with Crippen molar-refractivity contribution in [3.8, 4) is 0 Å². The minimum absolute atomic E-state index is 0.697. The van der Waals surface area contributed by atoms with Crippen LogP contribution in [0.15, 0.2) is 0 Å². The molecule has 0 aromatic heterocycles. The van der Waals surface area contributed by atoms with E-state index in [4.69, 9.17) is 0 Å². The van der Waals surface area contributed by atoms with Crippen LogP contribution in [0.3, 0.4) is 0 Å². The van der Waals surface area contributed by atoms with Crippen LogP contribution in [0.1, 0.15) is 60.8 Å². The quantitative estimate of drug-likeness (QED) is 0.626. The van der Waals surface area contributed by atoms with E-state index in [-0.39, 0.29) is 0 Å². The summed E-state index contributed by atoms with van der Waals surface area (Å²) in [5.74, 6) is 3.93. The van der Waals surface area contributed by atoms with Crippen LogP contribution in [0.25, 0.3) is 0 Å². The van der Waals surface area contributed by atoms with Crippen LogP contribution in [-0.2, 0) is 0 Å². The van der Waals surface area contributed by atoms with E-state index in [9.17, 15) is 0 Å². The first-order valence-corrected chi connectivity index (χ1v) is 6.87. The van der Waals surface area contributed by atoms with Crippen molar-refractivity contribution in [2.45, 2.75) is 60.8 Å². The van der Waals surface area contributed by atoms with Gasteiger partial charge in [-0.05, 0) is 53.8 Å². The smallest absolute Gasteiger partial charge is 0.0230 e. The molecule has 2 aliphatic rings. The van der Waals surface area contributed by atoms with Crippen molar-refractivity contribution in [1.29, 1.82) is 0 Å². The van der Waals surface area contributed by atoms with Gasteiger partial charge in [-0.25, -0.2) is 0 Å². The van der Waals surface area contributed by atoms with Gasteiger partial charge in [-0.2, -0.15) is 0 Å².